The summed E-state index contributed by atoms with van der Waals surface area (Å²) >= 11 is 0. The maximum absolute atomic E-state index is 13.1. The Bertz CT molecular complexity index is 1190. The molecule has 0 radical (unpaired) electrons. The smallest absolute Gasteiger partial charge is 0.417 e. The van der Waals surface area contributed by atoms with Crippen LogP contribution >= 0.6 is 0 Å². The van der Waals surface area contributed by atoms with Crippen LogP contribution in [0.5, 0.6) is 11.5 Å². The first-order valence-electron chi connectivity index (χ1n) is 8.41. The summed E-state index contributed by atoms with van der Waals surface area (Å²) in [7, 11) is 0. The number of nitrogens with zero attached hydrogens (tertiary/aromatic N) is 2. The number of para-hydroxylation sites is 1. The summed E-state index contributed by atoms with van der Waals surface area (Å²) in [5, 5.41) is 9.98. The molecule has 0 aliphatic heterocycles. The molecule has 0 saturated carbocycles. The number of aromatic nitrogens is 1. The van der Waals surface area contributed by atoms with Crippen LogP contribution in [0.3, 0.4) is 0 Å². The summed E-state index contributed by atoms with van der Waals surface area (Å²) in [5.41, 5.74) is 0.514. The summed E-state index contributed by atoms with van der Waals surface area (Å²) < 4.78 is 46.8. The first-order valence-corrected chi connectivity index (χ1v) is 8.41. The minimum absolute atomic E-state index is 0.0190. The molecular formula is C22H13F3N2O. The zero-order valence-corrected chi connectivity index (χ0v) is 14.4. The van der Waals surface area contributed by atoms with E-state index in [1.807, 2.05) is 53.2 Å². The number of hydrogen-bond donors (Lipinski definition) is 0. The number of fused-ring (bicyclic) bond motifs is 1. The Hall–Kier alpha value is -3.72. The summed E-state index contributed by atoms with van der Waals surface area (Å²) in [4.78, 5) is 0. The fraction of sp³-hybridized carbons (Fsp3) is 0.0455. The van der Waals surface area contributed by atoms with Gasteiger partial charge in [-0.1, -0.05) is 18.2 Å². The highest BCUT2D eigenvalue weighted by molar-refractivity contribution is 5.81. The van der Waals surface area contributed by atoms with Gasteiger partial charge in [0.1, 0.15) is 11.5 Å². The second kappa shape index (κ2) is 6.78. The van der Waals surface area contributed by atoms with Crippen molar-refractivity contribution in [1.29, 1.82) is 5.26 Å². The van der Waals surface area contributed by atoms with Crippen LogP contribution in [0, 0.1) is 11.3 Å². The monoisotopic (exact) mass is 378 g/mol. The van der Waals surface area contributed by atoms with Crippen LogP contribution in [-0.4, -0.2) is 4.57 Å². The highest BCUT2D eigenvalue weighted by Crippen LogP contribution is 2.35. The SMILES string of the molecule is N#Cc1ccc(Oc2ccc(-n3ccc4ccccc43)cc2)cc1C(F)(F)F. The first kappa shape index (κ1) is 17.7. The lowest BCUT2D eigenvalue weighted by atomic mass is 10.1. The Morgan fingerprint density at radius 2 is 1.57 bits per heavy atom. The van der Waals surface area contributed by atoms with Crippen molar-refractivity contribution < 1.29 is 17.9 Å². The minimum atomic E-state index is -4.62. The van der Waals surface area contributed by atoms with E-state index in [1.54, 1.807) is 18.2 Å². The molecule has 0 spiro atoms. The molecule has 0 fully saturated rings. The van der Waals surface area contributed by atoms with E-state index in [0.29, 0.717) is 5.75 Å². The van der Waals surface area contributed by atoms with Gasteiger partial charge in [-0.3, -0.25) is 0 Å². The maximum Gasteiger partial charge on any atom is 0.417 e. The highest BCUT2D eigenvalue weighted by atomic mass is 19.4. The molecule has 0 aliphatic carbocycles. The van der Waals surface area contributed by atoms with Gasteiger partial charge in [0.05, 0.1) is 22.7 Å². The van der Waals surface area contributed by atoms with Crippen LogP contribution in [-0.2, 0) is 6.18 Å². The average molecular weight is 378 g/mol. The van der Waals surface area contributed by atoms with Gasteiger partial charge >= 0.3 is 6.18 Å². The molecule has 0 saturated heterocycles. The third-order valence-corrected chi connectivity index (χ3v) is 4.37. The molecule has 0 unspecified atom stereocenters. The number of nitriles is 1. The Balaban J connectivity index is 1.61. The third-order valence-electron chi connectivity index (χ3n) is 4.37. The van der Waals surface area contributed by atoms with Gasteiger partial charge in [0.15, 0.2) is 0 Å². The standard InChI is InChI=1S/C22H13F3N2O/c23-22(24,25)20-13-19(8-5-16(20)14-26)28-18-9-6-17(7-10-18)27-12-11-15-3-1-2-4-21(15)27/h1-13H. The lowest BCUT2D eigenvalue weighted by Crippen LogP contribution is -2.07. The molecule has 1 aromatic heterocycles. The Labute approximate surface area is 158 Å². The lowest BCUT2D eigenvalue weighted by Gasteiger charge is -2.12. The van der Waals surface area contributed by atoms with Crippen LogP contribution in [0.25, 0.3) is 16.6 Å². The Morgan fingerprint density at radius 1 is 0.857 bits per heavy atom. The second-order valence-electron chi connectivity index (χ2n) is 6.16. The summed E-state index contributed by atoms with van der Waals surface area (Å²) in [5.74, 6) is 0.420. The van der Waals surface area contributed by atoms with E-state index >= 15 is 0 Å². The molecule has 3 aromatic carbocycles. The molecule has 4 aromatic rings. The van der Waals surface area contributed by atoms with E-state index < -0.39 is 17.3 Å². The molecule has 138 valence electrons. The molecule has 6 heteroatoms. The average Bonchev–Trinajstić information content (AvgIpc) is 3.12. The van der Waals surface area contributed by atoms with Crippen LogP contribution in [0.1, 0.15) is 11.1 Å². The fourth-order valence-electron chi connectivity index (χ4n) is 3.04. The van der Waals surface area contributed by atoms with Crippen LogP contribution in [0.4, 0.5) is 13.2 Å². The van der Waals surface area contributed by atoms with Gasteiger partial charge in [-0.25, -0.2) is 0 Å². The number of rotatable bonds is 3. The molecular weight excluding hydrogens is 365 g/mol. The van der Waals surface area contributed by atoms with Crippen molar-refractivity contribution in [3.63, 3.8) is 0 Å². The third kappa shape index (κ3) is 3.30. The van der Waals surface area contributed by atoms with E-state index in [0.717, 1.165) is 28.7 Å². The number of benzene rings is 3. The first-order chi connectivity index (χ1) is 13.5. The second-order valence-corrected chi connectivity index (χ2v) is 6.16. The molecule has 0 bridgehead atoms. The predicted octanol–water partition coefficient (Wildman–Crippen LogP) is 6.31. The molecule has 0 amide bonds. The zero-order chi connectivity index (χ0) is 19.7. The molecule has 28 heavy (non-hydrogen) atoms. The summed E-state index contributed by atoms with van der Waals surface area (Å²) in [6.45, 7) is 0. The van der Waals surface area contributed by atoms with Crippen molar-refractivity contribution in [3.8, 4) is 23.3 Å². The maximum atomic E-state index is 13.1. The molecule has 0 aliphatic rings. The molecule has 1 heterocycles. The van der Waals surface area contributed by atoms with E-state index in [2.05, 4.69) is 0 Å². The molecule has 0 atom stereocenters. The number of hydrogen-bond acceptors (Lipinski definition) is 2. The Morgan fingerprint density at radius 3 is 2.29 bits per heavy atom. The minimum Gasteiger partial charge on any atom is -0.457 e. The van der Waals surface area contributed by atoms with Gasteiger partial charge in [-0.05, 0) is 60.0 Å². The van der Waals surface area contributed by atoms with Crippen molar-refractivity contribution in [2.75, 3.05) is 0 Å². The van der Waals surface area contributed by atoms with Gasteiger partial charge in [-0.2, -0.15) is 18.4 Å². The van der Waals surface area contributed by atoms with Crippen molar-refractivity contribution in [1.82, 2.24) is 4.57 Å². The van der Waals surface area contributed by atoms with Crippen LogP contribution in [0.15, 0.2) is 79.0 Å². The van der Waals surface area contributed by atoms with Gasteiger partial charge < -0.3 is 9.30 Å². The number of alkyl halides is 3. The van der Waals surface area contributed by atoms with Crippen molar-refractivity contribution in [2.45, 2.75) is 6.18 Å². The van der Waals surface area contributed by atoms with Crippen molar-refractivity contribution in [2.24, 2.45) is 0 Å². The van der Waals surface area contributed by atoms with Crippen molar-refractivity contribution in [3.05, 3.63) is 90.1 Å². The van der Waals surface area contributed by atoms with E-state index in [1.165, 1.54) is 6.07 Å². The summed E-state index contributed by atoms with van der Waals surface area (Å²) in [6, 6.07) is 21.9. The molecule has 4 rings (SSSR count). The topological polar surface area (TPSA) is 37.9 Å². The normalized spacial score (nSPS) is 11.4. The molecule has 3 nitrogen and oxygen atoms in total. The van der Waals surface area contributed by atoms with Crippen LogP contribution < -0.4 is 4.74 Å². The number of ether oxygens (including phenoxy) is 1. The fourth-order valence-corrected chi connectivity index (χ4v) is 3.04. The van der Waals surface area contributed by atoms with Gasteiger partial charge in [0.25, 0.3) is 0 Å². The van der Waals surface area contributed by atoms with Crippen molar-refractivity contribution >= 4 is 10.9 Å². The summed E-state index contributed by atoms with van der Waals surface area (Å²) in [6.07, 6.45) is -2.67. The molecule has 0 N–H and O–H groups in total. The zero-order valence-electron chi connectivity index (χ0n) is 14.4. The lowest BCUT2D eigenvalue weighted by molar-refractivity contribution is -0.137. The highest BCUT2D eigenvalue weighted by Gasteiger charge is 2.34. The number of halogens is 3. The van der Waals surface area contributed by atoms with E-state index in [-0.39, 0.29) is 5.75 Å². The van der Waals surface area contributed by atoms with Crippen LogP contribution in [0.2, 0.25) is 0 Å². The van der Waals surface area contributed by atoms with Gasteiger partial charge in [0, 0.05) is 11.9 Å². The predicted molar refractivity (Wildman–Crippen MR) is 99.5 cm³/mol. The van der Waals surface area contributed by atoms with Gasteiger partial charge in [-0.15, -0.1) is 0 Å². The van der Waals surface area contributed by atoms with E-state index in [4.69, 9.17) is 10.00 Å². The van der Waals surface area contributed by atoms with E-state index in [9.17, 15) is 13.2 Å². The quantitative estimate of drug-likeness (QED) is 0.419. The Kier molecular flexibility index (Phi) is 4.28. The van der Waals surface area contributed by atoms with Gasteiger partial charge in [0.2, 0.25) is 0 Å². The largest absolute Gasteiger partial charge is 0.457 e.